The first kappa shape index (κ1) is 14.9. The largest absolute Gasteiger partial charge is 0.391 e. The fourth-order valence-corrected chi connectivity index (χ4v) is 1.41. The van der Waals surface area contributed by atoms with Gasteiger partial charge in [0.1, 0.15) is 0 Å². The van der Waals surface area contributed by atoms with Gasteiger partial charge in [0.05, 0.1) is 18.3 Å². The van der Waals surface area contributed by atoms with Gasteiger partial charge >= 0.3 is 0 Å². The Morgan fingerprint density at radius 1 is 1.07 bits per heavy atom. The Hall–Kier alpha value is -0.0800. The summed E-state index contributed by atoms with van der Waals surface area (Å²) in [5.41, 5.74) is -0.133. The van der Waals surface area contributed by atoms with E-state index in [0.717, 1.165) is 5.92 Å². The SMILES string of the molecule is CC(C)CCC(C)C(C)(C)OCC(C)O. The lowest BCUT2D eigenvalue weighted by atomic mass is 9.86. The van der Waals surface area contributed by atoms with E-state index in [-0.39, 0.29) is 11.7 Å². The normalized spacial score (nSPS) is 16.8. The number of aliphatic hydroxyl groups is 1. The Morgan fingerprint density at radius 2 is 1.60 bits per heavy atom. The minimum absolute atomic E-state index is 0.133. The highest BCUT2D eigenvalue weighted by Gasteiger charge is 2.26. The minimum atomic E-state index is -0.374. The Bertz CT molecular complexity index is 162. The summed E-state index contributed by atoms with van der Waals surface area (Å²) in [5.74, 6) is 1.28. The number of rotatable bonds is 7. The second-order valence-electron chi connectivity index (χ2n) is 5.64. The molecule has 2 unspecified atom stereocenters. The Balaban J connectivity index is 3.96. The summed E-state index contributed by atoms with van der Waals surface area (Å²) < 4.78 is 5.73. The third kappa shape index (κ3) is 6.91. The van der Waals surface area contributed by atoms with Crippen molar-refractivity contribution in [3.63, 3.8) is 0 Å². The van der Waals surface area contributed by atoms with Gasteiger partial charge in [0.25, 0.3) is 0 Å². The van der Waals surface area contributed by atoms with Crippen molar-refractivity contribution in [3.05, 3.63) is 0 Å². The van der Waals surface area contributed by atoms with E-state index in [4.69, 9.17) is 4.74 Å². The molecule has 0 aliphatic carbocycles. The molecular weight excluding hydrogens is 188 g/mol. The molecule has 0 saturated heterocycles. The van der Waals surface area contributed by atoms with E-state index in [9.17, 15) is 5.11 Å². The van der Waals surface area contributed by atoms with Gasteiger partial charge in [-0.05, 0) is 39.0 Å². The first-order valence-electron chi connectivity index (χ1n) is 6.07. The summed E-state index contributed by atoms with van der Waals surface area (Å²) in [5, 5.41) is 9.19. The van der Waals surface area contributed by atoms with Crippen molar-refractivity contribution in [1.82, 2.24) is 0 Å². The lowest BCUT2D eigenvalue weighted by molar-refractivity contribution is -0.0859. The molecule has 0 aromatic carbocycles. The maximum atomic E-state index is 9.19. The van der Waals surface area contributed by atoms with Crippen LogP contribution >= 0.6 is 0 Å². The molecule has 0 radical (unpaired) electrons. The number of hydrogen-bond donors (Lipinski definition) is 1. The van der Waals surface area contributed by atoms with Crippen molar-refractivity contribution in [2.75, 3.05) is 6.61 Å². The first-order valence-corrected chi connectivity index (χ1v) is 6.07. The molecule has 0 aromatic rings. The van der Waals surface area contributed by atoms with Gasteiger partial charge in [0.2, 0.25) is 0 Å². The van der Waals surface area contributed by atoms with Crippen LogP contribution in [0.3, 0.4) is 0 Å². The third-order valence-electron chi connectivity index (χ3n) is 3.06. The molecule has 0 aliphatic rings. The molecule has 0 amide bonds. The van der Waals surface area contributed by atoms with Crippen molar-refractivity contribution < 1.29 is 9.84 Å². The fraction of sp³-hybridized carbons (Fsp3) is 1.00. The quantitative estimate of drug-likeness (QED) is 0.708. The zero-order valence-corrected chi connectivity index (χ0v) is 11.2. The van der Waals surface area contributed by atoms with Crippen LogP contribution in [0.1, 0.15) is 54.4 Å². The van der Waals surface area contributed by atoms with E-state index in [2.05, 4.69) is 34.6 Å². The monoisotopic (exact) mass is 216 g/mol. The van der Waals surface area contributed by atoms with Gasteiger partial charge in [0, 0.05) is 0 Å². The standard InChI is InChI=1S/C13H28O2/c1-10(2)7-8-11(3)13(5,6)15-9-12(4)14/h10-12,14H,7-9H2,1-6H3. The van der Waals surface area contributed by atoms with Gasteiger partial charge in [-0.25, -0.2) is 0 Å². The molecule has 1 N–H and O–H groups in total. The number of aliphatic hydroxyl groups excluding tert-OH is 1. The van der Waals surface area contributed by atoms with Crippen molar-refractivity contribution in [3.8, 4) is 0 Å². The molecule has 2 atom stereocenters. The predicted octanol–water partition coefficient (Wildman–Crippen LogP) is 3.23. The maximum Gasteiger partial charge on any atom is 0.0745 e. The van der Waals surface area contributed by atoms with Gasteiger partial charge in [-0.3, -0.25) is 0 Å². The van der Waals surface area contributed by atoms with Crippen LogP contribution < -0.4 is 0 Å². The number of hydrogen-bond acceptors (Lipinski definition) is 2. The summed E-state index contributed by atoms with van der Waals surface area (Å²) in [4.78, 5) is 0. The molecule has 0 fully saturated rings. The van der Waals surface area contributed by atoms with E-state index in [1.54, 1.807) is 6.92 Å². The zero-order valence-electron chi connectivity index (χ0n) is 11.2. The highest BCUT2D eigenvalue weighted by Crippen LogP contribution is 2.26. The Morgan fingerprint density at radius 3 is 2.00 bits per heavy atom. The van der Waals surface area contributed by atoms with Gasteiger partial charge in [0.15, 0.2) is 0 Å². The van der Waals surface area contributed by atoms with E-state index >= 15 is 0 Å². The van der Waals surface area contributed by atoms with E-state index < -0.39 is 0 Å². The van der Waals surface area contributed by atoms with Crippen molar-refractivity contribution in [2.45, 2.75) is 66.1 Å². The Kier molecular flexibility index (Phi) is 6.46. The minimum Gasteiger partial charge on any atom is -0.391 e. The average molecular weight is 216 g/mol. The van der Waals surface area contributed by atoms with Crippen LogP contribution in [-0.2, 0) is 4.74 Å². The van der Waals surface area contributed by atoms with Crippen LogP contribution in [0.5, 0.6) is 0 Å². The zero-order chi connectivity index (χ0) is 12.1. The molecule has 15 heavy (non-hydrogen) atoms. The van der Waals surface area contributed by atoms with Gasteiger partial charge in [-0.15, -0.1) is 0 Å². The molecule has 2 nitrogen and oxygen atoms in total. The maximum absolute atomic E-state index is 9.19. The summed E-state index contributed by atoms with van der Waals surface area (Å²) in [6.45, 7) is 13.1. The molecule has 0 spiro atoms. The average Bonchev–Trinajstić information content (AvgIpc) is 2.11. The number of ether oxygens (including phenoxy) is 1. The van der Waals surface area contributed by atoms with E-state index in [1.165, 1.54) is 12.8 Å². The molecule has 0 heterocycles. The van der Waals surface area contributed by atoms with E-state index in [1.807, 2.05) is 0 Å². The fourth-order valence-electron chi connectivity index (χ4n) is 1.41. The molecule has 0 aromatic heterocycles. The van der Waals surface area contributed by atoms with Crippen molar-refractivity contribution in [1.29, 1.82) is 0 Å². The first-order chi connectivity index (χ1) is 6.75. The molecule has 0 aliphatic heterocycles. The van der Waals surface area contributed by atoms with E-state index in [0.29, 0.717) is 12.5 Å². The van der Waals surface area contributed by atoms with Crippen molar-refractivity contribution >= 4 is 0 Å². The molecular formula is C13H28O2. The summed E-state index contributed by atoms with van der Waals surface area (Å²) in [6.07, 6.45) is 2.05. The smallest absolute Gasteiger partial charge is 0.0745 e. The van der Waals surface area contributed by atoms with Crippen LogP contribution in [0.15, 0.2) is 0 Å². The highest BCUT2D eigenvalue weighted by atomic mass is 16.5. The lowest BCUT2D eigenvalue weighted by Crippen LogP contribution is -2.35. The van der Waals surface area contributed by atoms with Crippen molar-refractivity contribution in [2.24, 2.45) is 11.8 Å². The molecule has 0 saturated carbocycles. The van der Waals surface area contributed by atoms with Crippen LogP contribution in [-0.4, -0.2) is 23.4 Å². The van der Waals surface area contributed by atoms with Crippen LogP contribution in [0.2, 0.25) is 0 Å². The van der Waals surface area contributed by atoms with Gasteiger partial charge in [-0.1, -0.05) is 27.2 Å². The molecule has 2 heteroatoms. The van der Waals surface area contributed by atoms with Crippen LogP contribution in [0, 0.1) is 11.8 Å². The highest BCUT2D eigenvalue weighted by molar-refractivity contribution is 4.76. The predicted molar refractivity (Wildman–Crippen MR) is 64.9 cm³/mol. The summed E-state index contributed by atoms with van der Waals surface area (Å²) in [6, 6.07) is 0. The molecule has 0 rings (SSSR count). The molecule has 0 bridgehead atoms. The topological polar surface area (TPSA) is 29.5 Å². The second kappa shape index (κ2) is 6.49. The van der Waals surface area contributed by atoms with Crippen LogP contribution in [0.4, 0.5) is 0 Å². The summed E-state index contributed by atoms with van der Waals surface area (Å²) >= 11 is 0. The second-order valence-corrected chi connectivity index (χ2v) is 5.64. The van der Waals surface area contributed by atoms with Gasteiger partial charge < -0.3 is 9.84 Å². The summed E-state index contributed by atoms with van der Waals surface area (Å²) in [7, 11) is 0. The van der Waals surface area contributed by atoms with Gasteiger partial charge in [-0.2, -0.15) is 0 Å². The van der Waals surface area contributed by atoms with Crippen LogP contribution in [0.25, 0.3) is 0 Å². The Labute approximate surface area is 95.0 Å². The molecule has 92 valence electrons. The lowest BCUT2D eigenvalue weighted by Gasteiger charge is -2.33. The third-order valence-corrected chi connectivity index (χ3v) is 3.06.